The summed E-state index contributed by atoms with van der Waals surface area (Å²) in [4.78, 5) is 13.9. The van der Waals surface area contributed by atoms with E-state index < -0.39 is 0 Å². The predicted molar refractivity (Wildman–Crippen MR) is 61.6 cm³/mol. The van der Waals surface area contributed by atoms with E-state index in [1.165, 1.54) is 6.07 Å². The number of nitrogen functional groups attached to an aromatic ring is 1. The van der Waals surface area contributed by atoms with Crippen LogP contribution in [0, 0.1) is 6.92 Å². The molecule has 0 radical (unpaired) electrons. The smallest absolute Gasteiger partial charge is 0.248 e. The number of pyridine rings is 1. The zero-order valence-electron chi connectivity index (χ0n) is 8.45. The molecule has 1 heterocycles. The average Bonchev–Trinajstić information content (AvgIpc) is 2.22. The summed E-state index contributed by atoms with van der Waals surface area (Å²) in [6.07, 6.45) is 0. The molecule has 0 saturated heterocycles. The third-order valence-electron chi connectivity index (χ3n) is 2.27. The van der Waals surface area contributed by atoms with Crippen LogP contribution in [0.4, 0.5) is 5.69 Å². The fourth-order valence-electron chi connectivity index (χ4n) is 1.51. The molecule has 3 heteroatoms. The molecule has 2 aromatic rings. The summed E-state index contributed by atoms with van der Waals surface area (Å²) >= 11 is 0. The second kappa shape index (κ2) is 3.61. The first-order chi connectivity index (χ1) is 7.16. The lowest BCUT2D eigenvalue weighted by Crippen LogP contribution is -2.04. The van der Waals surface area contributed by atoms with Crippen LogP contribution in [-0.2, 0) is 0 Å². The molecule has 0 fully saturated rings. The number of anilines is 1. The van der Waals surface area contributed by atoms with Gasteiger partial charge in [-0.15, -0.1) is 0 Å². The first kappa shape index (κ1) is 9.52. The van der Waals surface area contributed by atoms with Crippen molar-refractivity contribution < 1.29 is 0 Å². The Morgan fingerprint density at radius 3 is 2.73 bits per heavy atom. The van der Waals surface area contributed by atoms with E-state index in [0.29, 0.717) is 5.69 Å². The van der Waals surface area contributed by atoms with E-state index in [1.54, 1.807) is 6.07 Å². The molecule has 0 spiro atoms. The van der Waals surface area contributed by atoms with Crippen molar-refractivity contribution in [3.05, 3.63) is 52.3 Å². The number of nitrogens with one attached hydrogen (secondary N) is 1. The van der Waals surface area contributed by atoms with Gasteiger partial charge in [-0.1, -0.05) is 17.7 Å². The molecule has 3 N–H and O–H groups in total. The summed E-state index contributed by atoms with van der Waals surface area (Å²) < 4.78 is 0. The summed E-state index contributed by atoms with van der Waals surface area (Å²) in [7, 11) is 0. The van der Waals surface area contributed by atoms with Crippen molar-refractivity contribution in [3.63, 3.8) is 0 Å². The molecule has 15 heavy (non-hydrogen) atoms. The van der Waals surface area contributed by atoms with E-state index >= 15 is 0 Å². The average molecular weight is 200 g/mol. The second-order valence-corrected chi connectivity index (χ2v) is 3.52. The Kier molecular flexibility index (Phi) is 2.29. The van der Waals surface area contributed by atoms with E-state index in [2.05, 4.69) is 4.98 Å². The number of nitrogens with two attached hydrogens (primary N) is 1. The van der Waals surface area contributed by atoms with Gasteiger partial charge in [0.05, 0.1) is 5.69 Å². The molecule has 0 amide bonds. The summed E-state index contributed by atoms with van der Waals surface area (Å²) in [6, 6.07) is 10.8. The SMILES string of the molecule is Cc1ccc(N)c(-c2cccc(=O)[nH]2)c1. The Bertz CT molecular complexity index is 543. The highest BCUT2D eigenvalue weighted by Crippen LogP contribution is 2.23. The van der Waals surface area contributed by atoms with Crippen molar-refractivity contribution >= 4 is 5.69 Å². The van der Waals surface area contributed by atoms with E-state index in [0.717, 1.165) is 16.8 Å². The fourth-order valence-corrected chi connectivity index (χ4v) is 1.51. The molecule has 0 aliphatic rings. The number of rotatable bonds is 1. The van der Waals surface area contributed by atoms with Crippen molar-refractivity contribution in [2.45, 2.75) is 6.92 Å². The highest BCUT2D eigenvalue weighted by Gasteiger charge is 2.02. The zero-order valence-corrected chi connectivity index (χ0v) is 8.45. The molecule has 0 atom stereocenters. The van der Waals surface area contributed by atoms with Crippen LogP contribution >= 0.6 is 0 Å². The Morgan fingerprint density at radius 2 is 2.00 bits per heavy atom. The van der Waals surface area contributed by atoms with Gasteiger partial charge < -0.3 is 10.7 Å². The number of benzene rings is 1. The number of aromatic amines is 1. The lowest BCUT2D eigenvalue weighted by atomic mass is 10.1. The van der Waals surface area contributed by atoms with E-state index in [1.807, 2.05) is 31.2 Å². The van der Waals surface area contributed by atoms with Gasteiger partial charge in [0.15, 0.2) is 0 Å². The minimum atomic E-state index is -0.117. The maximum absolute atomic E-state index is 11.2. The molecule has 1 aromatic heterocycles. The second-order valence-electron chi connectivity index (χ2n) is 3.52. The van der Waals surface area contributed by atoms with Crippen LogP contribution in [0.1, 0.15) is 5.56 Å². The number of aryl methyl sites for hydroxylation is 1. The van der Waals surface area contributed by atoms with Gasteiger partial charge in [0.1, 0.15) is 0 Å². The fraction of sp³-hybridized carbons (Fsp3) is 0.0833. The van der Waals surface area contributed by atoms with Crippen LogP contribution in [0.2, 0.25) is 0 Å². The molecule has 76 valence electrons. The molecule has 0 bridgehead atoms. The van der Waals surface area contributed by atoms with Crippen molar-refractivity contribution in [1.82, 2.24) is 4.98 Å². The van der Waals surface area contributed by atoms with Crippen LogP contribution in [0.25, 0.3) is 11.3 Å². The Labute approximate surface area is 87.6 Å². The van der Waals surface area contributed by atoms with Gasteiger partial charge in [-0.2, -0.15) is 0 Å². The maximum atomic E-state index is 11.2. The number of aromatic nitrogens is 1. The third-order valence-corrected chi connectivity index (χ3v) is 2.27. The number of H-pyrrole nitrogens is 1. The van der Waals surface area contributed by atoms with Gasteiger partial charge in [0.2, 0.25) is 5.56 Å². The highest BCUT2D eigenvalue weighted by molar-refractivity contribution is 5.74. The lowest BCUT2D eigenvalue weighted by Gasteiger charge is -2.06. The molecule has 0 aliphatic carbocycles. The Balaban J connectivity index is 2.63. The van der Waals surface area contributed by atoms with Crippen molar-refractivity contribution in [2.75, 3.05) is 5.73 Å². The molecule has 2 rings (SSSR count). The first-order valence-corrected chi connectivity index (χ1v) is 4.72. The molecule has 0 unspecified atom stereocenters. The van der Waals surface area contributed by atoms with E-state index in [9.17, 15) is 4.79 Å². The standard InChI is InChI=1S/C12H12N2O/c1-8-5-6-10(13)9(7-8)11-3-2-4-12(15)14-11/h2-7H,13H2,1H3,(H,14,15). The molecule has 3 nitrogen and oxygen atoms in total. The van der Waals surface area contributed by atoms with Gasteiger partial charge in [-0.25, -0.2) is 0 Å². The van der Waals surface area contributed by atoms with Crippen LogP contribution < -0.4 is 11.3 Å². The molecular weight excluding hydrogens is 188 g/mol. The predicted octanol–water partition coefficient (Wildman–Crippen LogP) is 1.93. The quantitative estimate of drug-likeness (QED) is 0.691. The molecule has 0 aliphatic heterocycles. The maximum Gasteiger partial charge on any atom is 0.248 e. The van der Waals surface area contributed by atoms with E-state index in [4.69, 9.17) is 5.73 Å². The van der Waals surface area contributed by atoms with Crippen LogP contribution in [0.5, 0.6) is 0 Å². The van der Waals surface area contributed by atoms with Crippen molar-refractivity contribution in [1.29, 1.82) is 0 Å². The van der Waals surface area contributed by atoms with Gasteiger partial charge in [0, 0.05) is 17.3 Å². The van der Waals surface area contributed by atoms with E-state index in [-0.39, 0.29) is 5.56 Å². The normalized spacial score (nSPS) is 10.2. The minimum Gasteiger partial charge on any atom is -0.398 e. The van der Waals surface area contributed by atoms with Crippen LogP contribution in [-0.4, -0.2) is 4.98 Å². The summed E-state index contributed by atoms with van der Waals surface area (Å²) in [5.74, 6) is 0. The summed E-state index contributed by atoms with van der Waals surface area (Å²) in [5, 5.41) is 0. The van der Waals surface area contributed by atoms with Gasteiger partial charge in [-0.3, -0.25) is 4.79 Å². The summed E-state index contributed by atoms with van der Waals surface area (Å²) in [6.45, 7) is 1.99. The number of hydrogen-bond acceptors (Lipinski definition) is 2. The largest absolute Gasteiger partial charge is 0.398 e. The zero-order chi connectivity index (χ0) is 10.8. The van der Waals surface area contributed by atoms with Crippen LogP contribution in [0.15, 0.2) is 41.2 Å². The van der Waals surface area contributed by atoms with Gasteiger partial charge in [-0.05, 0) is 25.1 Å². The molecular formula is C12H12N2O. The highest BCUT2D eigenvalue weighted by atomic mass is 16.1. The van der Waals surface area contributed by atoms with Crippen molar-refractivity contribution in [3.8, 4) is 11.3 Å². The first-order valence-electron chi connectivity index (χ1n) is 4.72. The van der Waals surface area contributed by atoms with Crippen molar-refractivity contribution in [2.24, 2.45) is 0 Å². The van der Waals surface area contributed by atoms with Gasteiger partial charge in [0.25, 0.3) is 0 Å². The number of hydrogen-bond donors (Lipinski definition) is 2. The topological polar surface area (TPSA) is 58.9 Å². The Hall–Kier alpha value is -2.03. The Morgan fingerprint density at radius 1 is 1.20 bits per heavy atom. The van der Waals surface area contributed by atoms with Gasteiger partial charge >= 0.3 is 0 Å². The van der Waals surface area contributed by atoms with Crippen LogP contribution in [0.3, 0.4) is 0 Å². The third kappa shape index (κ3) is 1.91. The molecule has 1 aromatic carbocycles. The monoisotopic (exact) mass is 200 g/mol. The molecule has 0 saturated carbocycles. The summed E-state index contributed by atoms with van der Waals surface area (Å²) in [5.41, 5.74) is 9.14. The minimum absolute atomic E-state index is 0.117. The lowest BCUT2D eigenvalue weighted by molar-refractivity contribution is 1.24.